The van der Waals surface area contributed by atoms with Crippen molar-refractivity contribution >= 4 is 27.9 Å². The molecule has 7 heteroatoms. The van der Waals surface area contributed by atoms with Gasteiger partial charge in [-0.1, -0.05) is 15.9 Å². The largest absolute Gasteiger partial charge is 0.464 e. The third-order valence-corrected chi connectivity index (χ3v) is 3.06. The van der Waals surface area contributed by atoms with Crippen molar-refractivity contribution < 1.29 is 18.7 Å². The highest BCUT2D eigenvalue weighted by Gasteiger charge is 2.15. The number of carbonyl (C=O) groups excluding carboxylic acids is 2. The highest BCUT2D eigenvalue weighted by Crippen LogP contribution is 2.27. The van der Waals surface area contributed by atoms with E-state index in [0.29, 0.717) is 16.9 Å². The molecule has 2 rings (SSSR count). The third kappa shape index (κ3) is 3.85. The van der Waals surface area contributed by atoms with Gasteiger partial charge >= 0.3 is 6.09 Å². The van der Waals surface area contributed by atoms with Crippen LogP contribution in [-0.2, 0) is 4.74 Å². The number of amides is 2. The zero-order valence-electron chi connectivity index (χ0n) is 11.2. The molecule has 1 aromatic heterocycles. The fourth-order valence-corrected chi connectivity index (χ4v) is 2.05. The molecule has 0 aliphatic carbocycles. The minimum absolute atomic E-state index is 0.220. The van der Waals surface area contributed by atoms with Crippen molar-refractivity contribution in [3.63, 3.8) is 0 Å². The maximum absolute atomic E-state index is 12.1. The van der Waals surface area contributed by atoms with Gasteiger partial charge in [0, 0.05) is 10.0 Å². The number of nitrogens with one attached hydrogen (secondary N) is 2. The first-order valence-electron chi connectivity index (χ1n) is 6.18. The molecular formula is C14H13BrN2O4. The summed E-state index contributed by atoms with van der Waals surface area (Å²) in [6.07, 6.45) is 0.803. The van der Waals surface area contributed by atoms with E-state index >= 15 is 0 Å². The molecule has 0 bridgehead atoms. The Morgan fingerprint density at radius 3 is 2.76 bits per heavy atom. The van der Waals surface area contributed by atoms with Gasteiger partial charge in [0.05, 0.1) is 18.4 Å². The lowest BCUT2D eigenvalue weighted by Gasteiger charge is -2.10. The van der Waals surface area contributed by atoms with Crippen LogP contribution in [0.4, 0.5) is 4.79 Å². The van der Waals surface area contributed by atoms with E-state index in [9.17, 15) is 9.59 Å². The molecule has 1 heterocycles. The molecule has 0 aliphatic heterocycles. The van der Waals surface area contributed by atoms with Crippen LogP contribution < -0.4 is 10.9 Å². The lowest BCUT2D eigenvalue weighted by atomic mass is 10.1. The van der Waals surface area contributed by atoms with E-state index in [1.54, 1.807) is 37.3 Å². The molecule has 2 N–H and O–H groups in total. The van der Waals surface area contributed by atoms with Gasteiger partial charge in [-0.2, -0.15) is 0 Å². The van der Waals surface area contributed by atoms with Crippen molar-refractivity contribution in [1.29, 1.82) is 0 Å². The van der Waals surface area contributed by atoms with Crippen LogP contribution in [0.25, 0.3) is 11.3 Å². The second-order valence-electron chi connectivity index (χ2n) is 3.97. The monoisotopic (exact) mass is 352 g/mol. The molecule has 0 spiro atoms. The maximum Gasteiger partial charge on any atom is 0.426 e. The molecule has 0 unspecified atom stereocenters. The zero-order valence-corrected chi connectivity index (χ0v) is 12.8. The standard InChI is InChI=1S/C14H13BrN2O4/c1-2-20-14(19)17-16-13(18)10-6-5-9(15)8-11(10)12-4-3-7-21-12/h3-8H,2H2,1H3,(H,16,18)(H,17,19). The van der Waals surface area contributed by atoms with Gasteiger partial charge in [0.25, 0.3) is 5.91 Å². The highest BCUT2D eigenvalue weighted by atomic mass is 79.9. The van der Waals surface area contributed by atoms with Crippen LogP contribution in [0.3, 0.4) is 0 Å². The second-order valence-corrected chi connectivity index (χ2v) is 4.88. The van der Waals surface area contributed by atoms with E-state index in [2.05, 4.69) is 31.5 Å². The number of furan rings is 1. The Morgan fingerprint density at radius 1 is 1.29 bits per heavy atom. The summed E-state index contributed by atoms with van der Waals surface area (Å²) in [7, 11) is 0. The smallest absolute Gasteiger partial charge is 0.426 e. The van der Waals surface area contributed by atoms with E-state index in [1.807, 2.05) is 0 Å². The Labute approximate surface area is 129 Å². The summed E-state index contributed by atoms with van der Waals surface area (Å²) in [4.78, 5) is 23.3. The van der Waals surface area contributed by atoms with Gasteiger partial charge in [-0.3, -0.25) is 10.2 Å². The predicted octanol–water partition coefficient (Wildman–Crippen LogP) is 3.10. The Kier molecular flexibility index (Phi) is 4.99. The quantitative estimate of drug-likeness (QED) is 0.831. The van der Waals surface area contributed by atoms with Gasteiger partial charge in [0.1, 0.15) is 5.76 Å². The summed E-state index contributed by atoms with van der Waals surface area (Å²) in [5.74, 6) is 0.0829. The fraction of sp³-hybridized carbons (Fsp3) is 0.143. The maximum atomic E-state index is 12.1. The minimum atomic E-state index is -0.720. The van der Waals surface area contributed by atoms with E-state index in [0.717, 1.165) is 4.47 Å². The van der Waals surface area contributed by atoms with Crippen molar-refractivity contribution in [1.82, 2.24) is 10.9 Å². The molecule has 0 saturated carbocycles. The Bertz CT molecular complexity index is 640. The number of halogens is 1. The van der Waals surface area contributed by atoms with E-state index < -0.39 is 12.0 Å². The molecule has 0 aliphatic rings. The van der Waals surface area contributed by atoms with Crippen molar-refractivity contribution in [2.75, 3.05) is 6.61 Å². The summed E-state index contributed by atoms with van der Waals surface area (Å²) >= 11 is 3.35. The molecule has 0 fully saturated rings. The molecule has 1 aromatic carbocycles. The predicted molar refractivity (Wildman–Crippen MR) is 79.5 cm³/mol. The van der Waals surface area contributed by atoms with Gasteiger partial charge in [-0.25, -0.2) is 10.2 Å². The summed E-state index contributed by atoms with van der Waals surface area (Å²) < 4.78 is 10.8. The van der Waals surface area contributed by atoms with Crippen LogP contribution in [0.1, 0.15) is 17.3 Å². The first-order chi connectivity index (χ1) is 10.1. The second kappa shape index (κ2) is 6.94. The third-order valence-electron chi connectivity index (χ3n) is 2.57. The lowest BCUT2D eigenvalue weighted by molar-refractivity contribution is 0.0913. The minimum Gasteiger partial charge on any atom is -0.464 e. The fourth-order valence-electron chi connectivity index (χ4n) is 1.69. The number of carbonyl (C=O) groups is 2. The Morgan fingerprint density at radius 2 is 2.10 bits per heavy atom. The van der Waals surface area contributed by atoms with E-state index in [-0.39, 0.29) is 6.61 Å². The molecular weight excluding hydrogens is 340 g/mol. The van der Waals surface area contributed by atoms with Crippen LogP contribution in [0.2, 0.25) is 0 Å². The van der Waals surface area contributed by atoms with Gasteiger partial charge < -0.3 is 9.15 Å². The van der Waals surface area contributed by atoms with Crippen molar-refractivity contribution in [2.45, 2.75) is 6.92 Å². The topological polar surface area (TPSA) is 80.6 Å². The van der Waals surface area contributed by atoms with E-state index in [4.69, 9.17) is 4.42 Å². The summed E-state index contributed by atoms with van der Waals surface area (Å²) in [6, 6.07) is 8.60. The highest BCUT2D eigenvalue weighted by molar-refractivity contribution is 9.10. The number of ether oxygens (including phenoxy) is 1. The van der Waals surface area contributed by atoms with Gasteiger partial charge in [-0.15, -0.1) is 0 Å². The normalized spacial score (nSPS) is 10.0. The van der Waals surface area contributed by atoms with Crippen molar-refractivity contribution in [2.24, 2.45) is 0 Å². The molecule has 0 atom stereocenters. The number of hydrazine groups is 1. The molecule has 110 valence electrons. The molecule has 6 nitrogen and oxygen atoms in total. The molecule has 2 aromatic rings. The number of benzene rings is 1. The molecule has 2 amide bonds. The van der Waals surface area contributed by atoms with Crippen LogP contribution in [0, 0.1) is 0 Å². The number of hydrogen-bond acceptors (Lipinski definition) is 4. The van der Waals surface area contributed by atoms with Crippen LogP contribution in [-0.4, -0.2) is 18.6 Å². The summed E-state index contributed by atoms with van der Waals surface area (Å²) in [5, 5.41) is 0. The zero-order chi connectivity index (χ0) is 15.2. The van der Waals surface area contributed by atoms with Gasteiger partial charge in [0.15, 0.2) is 0 Å². The lowest BCUT2D eigenvalue weighted by Crippen LogP contribution is -2.42. The number of rotatable bonds is 3. The van der Waals surface area contributed by atoms with Gasteiger partial charge in [-0.05, 0) is 37.3 Å². The van der Waals surface area contributed by atoms with Crippen molar-refractivity contribution in [3.8, 4) is 11.3 Å². The average Bonchev–Trinajstić information content (AvgIpc) is 2.99. The average molecular weight is 353 g/mol. The SMILES string of the molecule is CCOC(=O)NNC(=O)c1ccc(Br)cc1-c1ccco1. The van der Waals surface area contributed by atoms with Crippen LogP contribution in [0.15, 0.2) is 45.5 Å². The Balaban J connectivity index is 2.19. The first kappa shape index (κ1) is 15.1. The van der Waals surface area contributed by atoms with Gasteiger partial charge in [0.2, 0.25) is 0 Å². The summed E-state index contributed by atoms with van der Waals surface area (Å²) in [6.45, 7) is 1.89. The number of hydrogen-bond donors (Lipinski definition) is 2. The first-order valence-corrected chi connectivity index (χ1v) is 6.97. The van der Waals surface area contributed by atoms with Crippen LogP contribution in [0.5, 0.6) is 0 Å². The Hall–Kier alpha value is -2.28. The summed E-state index contributed by atoms with van der Waals surface area (Å²) in [5.41, 5.74) is 5.43. The van der Waals surface area contributed by atoms with Crippen molar-refractivity contribution in [3.05, 3.63) is 46.6 Å². The molecule has 0 saturated heterocycles. The van der Waals surface area contributed by atoms with Crippen LogP contribution >= 0.6 is 15.9 Å². The molecule has 0 radical (unpaired) electrons. The van der Waals surface area contributed by atoms with E-state index in [1.165, 1.54) is 6.26 Å². The molecule has 21 heavy (non-hydrogen) atoms.